The van der Waals surface area contributed by atoms with Crippen molar-refractivity contribution < 1.29 is 4.79 Å². The van der Waals surface area contributed by atoms with E-state index in [4.69, 9.17) is 17.3 Å². The van der Waals surface area contributed by atoms with Crippen molar-refractivity contribution in [1.29, 1.82) is 0 Å². The number of nitrogens with two attached hydrogens (primary N) is 1. The molecule has 0 aromatic heterocycles. The second-order valence-electron chi connectivity index (χ2n) is 4.89. The number of nitrogens with zero attached hydrogens (tertiary/aromatic N) is 1. The van der Waals surface area contributed by atoms with E-state index in [1.165, 1.54) is 4.90 Å². The highest BCUT2D eigenvalue weighted by Crippen LogP contribution is 2.27. The lowest BCUT2D eigenvalue weighted by molar-refractivity contribution is 0.0992. The van der Waals surface area contributed by atoms with E-state index in [-0.39, 0.29) is 5.91 Å². The summed E-state index contributed by atoms with van der Waals surface area (Å²) in [5.41, 5.74) is 9.72. The average Bonchev–Trinajstić information content (AvgIpc) is 2.42. The molecule has 20 heavy (non-hydrogen) atoms. The van der Waals surface area contributed by atoms with Crippen LogP contribution < -0.4 is 10.6 Å². The van der Waals surface area contributed by atoms with Gasteiger partial charge in [0, 0.05) is 17.6 Å². The second-order valence-corrected chi connectivity index (χ2v) is 5.32. The molecule has 2 aromatic carbocycles. The van der Waals surface area contributed by atoms with E-state index in [0.29, 0.717) is 22.0 Å². The quantitative estimate of drug-likeness (QED) is 0.854. The number of carbonyl (C=O) groups excluding carboxylic acids is 1. The number of halogens is 1. The highest BCUT2D eigenvalue weighted by atomic mass is 35.5. The van der Waals surface area contributed by atoms with Crippen LogP contribution >= 0.6 is 11.6 Å². The molecule has 0 saturated heterocycles. The van der Waals surface area contributed by atoms with E-state index in [9.17, 15) is 4.79 Å². The normalized spacial score (nSPS) is 10.4. The lowest BCUT2D eigenvalue weighted by Gasteiger charge is -2.20. The molecule has 1 amide bonds. The number of benzene rings is 2. The third-order valence-electron chi connectivity index (χ3n) is 3.28. The van der Waals surface area contributed by atoms with Crippen molar-refractivity contribution in [2.75, 3.05) is 17.7 Å². The number of aryl methyl sites for hydroxylation is 2. The van der Waals surface area contributed by atoms with Gasteiger partial charge in [-0.1, -0.05) is 29.3 Å². The summed E-state index contributed by atoms with van der Waals surface area (Å²) < 4.78 is 0. The Kier molecular flexibility index (Phi) is 4.00. The molecule has 0 spiro atoms. The minimum Gasteiger partial charge on any atom is -0.397 e. The van der Waals surface area contributed by atoms with E-state index < -0.39 is 0 Å². The fraction of sp³-hybridized carbons (Fsp3) is 0.188. The van der Waals surface area contributed by atoms with E-state index in [1.807, 2.05) is 32.0 Å². The standard InChI is InChI=1S/C16H17ClN2O/c1-10-4-5-11(2)13(8-10)16(20)19(3)15-9-12(17)6-7-14(15)18/h4-9H,18H2,1-3H3. The predicted molar refractivity (Wildman–Crippen MR) is 84.5 cm³/mol. The molecular weight excluding hydrogens is 272 g/mol. The Balaban J connectivity index is 2.42. The Morgan fingerprint density at radius 3 is 2.55 bits per heavy atom. The summed E-state index contributed by atoms with van der Waals surface area (Å²) in [6, 6.07) is 10.9. The first-order valence-electron chi connectivity index (χ1n) is 6.30. The Hall–Kier alpha value is -2.00. The van der Waals surface area contributed by atoms with Gasteiger partial charge in [-0.3, -0.25) is 4.79 Å². The van der Waals surface area contributed by atoms with Gasteiger partial charge in [0.25, 0.3) is 5.91 Å². The van der Waals surface area contributed by atoms with Crippen LogP contribution in [0.25, 0.3) is 0 Å². The van der Waals surface area contributed by atoms with Gasteiger partial charge >= 0.3 is 0 Å². The van der Waals surface area contributed by atoms with Crippen LogP contribution in [0.5, 0.6) is 0 Å². The Morgan fingerprint density at radius 2 is 1.85 bits per heavy atom. The van der Waals surface area contributed by atoms with Gasteiger partial charge in [-0.05, 0) is 43.7 Å². The number of hydrogen-bond donors (Lipinski definition) is 1. The maximum Gasteiger partial charge on any atom is 0.258 e. The number of rotatable bonds is 2. The fourth-order valence-electron chi connectivity index (χ4n) is 2.06. The van der Waals surface area contributed by atoms with E-state index in [2.05, 4.69) is 0 Å². The highest BCUT2D eigenvalue weighted by Gasteiger charge is 2.17. The third kappa shape index (κ3) is 2.78. The second kappa shape index (κ2) is 5.55. The summed E-state index contributed by atoms with van der Waals surface area (Å²) in [4.78, 5) is 14.1. The summed E-state index contributed by atoms with van der Waals surface area (Å²) in [6.45, 7) is 3.88. The van der Waals surface area contributed by atoms with Gasteiger partial charge in [0.1, 0.15) is 0 Å². The van der Waals surface area contributed by atoms with Gasteiger partial charge < -0.3 is 10.6 Å². The average molecular weight is 289 g/mol. The van der Waals surface area contributed by atoms with Crippen LogP contribution in [-0.2, 0) is 0 Å². The van der Waals surface area contributed by atoms with E-state index >= 15 is 0 Å². The first kappa shape index (κ1) is 14.4. The van der Waals surface area contributed by atoms with Gasteiger partial charge in [0.2, 0.25) is 0 Å². The van der Waals surface area contributed by atoms with Crippen molar-refractivity contribution in [2.45, 2.75) is 13.8 Å². The summed E-state index contributed by atoms with van der Waals surface area (Å²) in [6.07, 6.45) is 0. The Morgan fingerprint density at radius 1 is 1.15 bits per heavy atom. The molecule has 2 aromatic rings. The van der Waals surface area contributed by atoms with Gasteiger partial charge in [0.15, 0.2) is 0 Å². The first-order valence-corrected chi connectivity index (χ1v) is 6.68. The maximum absolute atomic E-state index is 12.6. The van der Waals surface area contributed by atoms with Crippen molar-refractivity contribution in [3.05, 3.63) is 58.1 Å². The fourth-order valence-corrected chi connectivity index (χ4v) is 2.23. The largest absolute Gasteiger partial charge is 0.397 e. The van der Waals surface area contributed by atoms with Crippen molar-refractivity contribution >= 4 is 28.9 Å². The monoisotopic (exact) mass is 288 g/mol. The molecular formula is C16H17ClN2O. The van der Waals surface area contributed by atoms with Crippen molar-refractivity contribution in [3.8, 4) is 0 Å². The highest BCUT2D eigenvalue weighted by molar-refractivity contribution is 6.31. The molecule has 0 heterocycles. The van der Waals surface area contributed by atoms with Gasteiger partial charge in [-0.2, -0.15) is 0 Å². The molecule has 0 saturated carbocycles. The topological polar surface area (TPSA) is 46.3 Å². The van der Waals surface area contributed by atoms with Crippen LogP contribution in [0.2, 0.25) is 5.02 Å². The third-order valence-corrected chi connectivity index (χ3v) is 3.52. The predicted octanol–water partition coefficient (Wildman–Crippen LogP) is 3.82. The van der Waals surface area contributed by atoms with Crippen LogP contribution in [-0.4, -0.2) is 13.0 Å². The molecule has 3 nitrogen and oxygen atoms in total. The number of hydrogen-bond acceptors (Lipinski definition) is 2. The lowest BCUT2D eigenvalue weighted by atomic mass is 10.0. The van der Waals surface area contributed by atoms with Crippen molar-refractivity contribution in [1.82, 2.24) is 0 Å². The number of anilines is 2. The Labute approximate surface area is 124 Å². The first-order chi connectivity index (χ1) is 9.40. The van der Waals surface area contributed by atoms with Crippen LogP contribution in [0.3, 0.4) is 0 Å². The maximum atomic E-state index is 12.6. The summed E-state index contributed by atoms with van der Waals surface area (Å²) in [5.74, 6) is -0.0971. The molecule has 0 aliphatic rings. The SMILES string of the molecule is Cc1ccc(C)c(C(=O)N(C)c2cc(Cl)ccc2N)c1. The zero-order valence-electron chi connectivity index (χ0n) is 11.8. The molecule has 0 fully saturated rings. The molecule has 0 bridgehead atoms. The molecule has 104 valence electrons. The van der Waals surface area contributed by atoms with Gasteiger partial charge in [-0.15, -0.1) is 0 Å². The summed E-state index contributed by atoms with van der Waals surface area (Å²) >= 11 is 5.97. The number of nitrogen functional groups attached to an aromatic ring is 1. The lowest BCUT2D eigenvalue weighted by Crippen LogP contribution is -2.27. The van der Waals surface area contributed by atoms with Crippen LogP contribution in [0.15, 0.2) is 36.4 Å². The van der Waals surface area contributed by atoms with Crippen molar-refractivity contribution in [2.24, 2.45) is 0 Å². The van der Waals surface area contributed by atoms with Crippen LogP contribution in [0.1, 0.15) is 21.5 Å². The van der Waals surface area contributed by atoms with Crippen LogP contribution in [0, 0.1) is 13.8 Å². The van der Waals surface area contributed by atoms with Crippen LogP contribution in [0.4, 0.5) is 11.4 Å². The molecule has 2 N–H and O–H groups in total. The zero-order valence-corrected chi connectivity index (χ0v) is 12.5. The van der Waals surface area contributed by atoms with E-state index in [1.54, 1.807) is 25.2 Å². The summed E-state index contributed by atoms with van der Waals surface area (Å²) in [7, 11) is 1.70. The molecule has 0 atom stereocenters. The minimum absolute atomic E-state index is 0.0971. The molecule has 0 aliphatic carbocycles. The molecule has 0 radical (unpaired) electrons. The minimum atomic E-state index is -0.0971. The molecule has 4 heteroatoms. The summed E-state index contributed by atoms with van der Waals surface area (Å²) in [5, 5.41) is 0.551. The molecule has 0 aliphatic heterocycles. The molecule has 0 unspecified atom stereocenters. The molecule has 2 rings (SSSR count). The van der Waals surface area contributed by atoms with Crippen molar-refractivity contribution in [3.63, 3.8) is 0 Å². The number of carbonyl (C=O) groups is 1. The Bertz CT molecular complexity index is 668. The van der Waals surface area contributed by atoms with Gasteiger partial charge in [-0.25, -0.2) is 0 Å². The zero-order chi connectivity index (χ0) is 14.9. The smallest absolute Gasteiger partial charge is 0.258 e. The van der Waals surface area contributed by atoms with E-state index in [0.717, 1.165) is 11.1 Å². The van der Waals surface area contributed by atoms with Gasteiger partial charge in [0.05, 0.1) is 11.4 Å². The number of amides is 1.